The van der Waals surface area contributed by atoms with E-state index in [1.165, 1.54) is 30.3 Å². The Labute approximate surface area is 192 Å². The average Bonchev–Trinajstić information content (AvgIpc) is 2.79. The maximum Gasteiger partial charge on any atom is 0.416 e. The number of nitrogens with zero attached hydrogens (tertiary/aromatic N) is 3. The van der Waals surface area contributed by atoms with Crippen LogP contribution in [0.1, 0.15) is 42.0 Å². The van der Waals surface area contributed by atoms with Crippen molar-refractivity contribution in [1.29, 1.82) is 5.26 Å². The molecule has 2 aromatic carbocycles. The summed E-state index contributed by atoms with van der Waals surface area (Å²) < 4.78 is 40.0. The zero-order valence-corrected chi connectivity index (χ0v) is 17.7. The van der Waals surface area contributed by atoms with Crippen molar-refractivity contribution in [2.45, 2.75) is 31.5 Å². The number of carboxylic acid groups (broad SMARTS) is 1. The number of carbonyl (C=O) groups excluding carboxylic acids is 2. The Hall–Kier alpha value is -4.13. The van der Waals surface area contributed by atoms with Crippen LogP contribution < -0.4 is 4.90 Å². The average molecular weight is 469 g/mol. The number of amides is 2. The molecule has 1 N–H and O–H groups in total. The highest BCUT2D eigenvalue weighted by Gasteiger charge is 2.45. The molecule has 2 amide bonds. The third-order valence-electron chi connectivity index (χ3n) is 5.81. The van der Waals surface area contributed by atoms with Gasteiger partial charge in [0.25, 0.3) is 0 Å². The fraction of sp³-hybridized carbons (Fsp3) is 0.250. The van der Waals surface area contributed by atoms with Crippen molar-refractivity contribution < 1.29 is 32.7 Å². The minimum atomic E-state index is -4.65. The summed E-state index contributed by atoms with van der Waals surface area (Å²) >= 11 is 0. The first kappa shape index (κ1) is 23.0. The van der Waals surface area contributed by atoms with Crippen molar-refractivity contribution in [2.75, 3.05) is 11.4 Å². The van der Waals surface area contributed by atoms with E-state index < -0.39 is 36.3 Å². The van der Waals surface area contributed by atoms with Gasteiger partial charge in [-0.1, -0.05) is 18.2 Å². The number of carbonyl (C=O) groups is 3. The fourth-order valence-electron chi connectivity index (χ4n) is 4.38. The van der Waals surface area contributed by atoms with Gasteiger partial charge < -0.3 is 10.0 Å². The third-order valence-corrected chi connectivity index (χ3v) is 5.81. The molecule has 1 heterocycles. The van der Waals surface area contributed by atoms with Crippen LogP contribution in [0.3, 0.4) is 0 Å². The standard InChI is InChI=1S/C24H18F3N3O4/c25-24(26,27)16-3-1-4-17(11-16)30-18-5-2-6-19(31)21(18)22(29(23(30)34)13-20(32)33)15-9-7-14(12-28)8-10-15/h1,3-4,7-11,22H,2,5-6,13H2,(H,32,33)/t22-/m0/s1. The number of urea groups is 1. The summed E-state index contributed by atoms with van der Waals surface area (Å²) in [4.78, 5) is 40.3. The summed E-state index contributed by atoms with van der Waals surface area (Å²) in [5.41, 5.74) is 0.132. The summed E-state index contributed by atoms with van der Waals surface area (Å²) in [6, 6.07) is 10.3. The molecule has 2 aliphatic rings. The Morgan fingerprint density at radius 2 is 1.82 bits per heavy atom. The Morgan fingerprint density at radius 1 is 1.12 bits per heavy atom. The molecule has 0 saturated heterocycles. The van der Waals surface area contributed by atoms with E-state index >= 15 is 0 Å². The zero-order valence-electron chi connectivity index (χ0n) is 17.7. The summed E-state index contributed by atoms with van der Waals surface area (Å²) in [7, 11) is 0. The predicted octanol–water partition coefficient (Wildman–Crippen LogP) is 4.65. The number of hydrogen-bond donors (Lipinski definition) is 1. The molecule has 1 aliphatic heterocycles. The number of rotatable bonds is 4. The molecule has 10 heteroatoms. The van der Waals surface area contributed by atoms with Crippen LogP contribution in [0.15, 0.2) is 59.8 Å². The van der Waals surface area contributed by atoms with E-state index in [4.69, 9.17) is 5.26 Å². The maximum absolute atomic E-state index is 13.6. The highest BCUT2D eigenvalue weighted by molar-refractivity contribution is 6.07. The van der Waals surface area contributed by atoms with E-state index in [-0.39, 0.29) is 35.6 Å². The largest absolute Gasteiger partial charge is 0.480 e. The van der Waals surface area contributed by atoms with Crippen molar-refractivity contribution in [3.05, 3.63) is 76.5 Å². The lowest BCUT2D eigenvalue weighted by Gasteiger charge is -2.44. The van der Waals surface area contributed by atoms with E-state index in [9.17, 15) is 32.7 Å². The molecule has 174 valence electrons. The second kappa shape index (κ2) is 8.67. The first-order valence-corrected chi connectivity index (χ1v) is 10.4. The van der Waals surface area contributed by atoms with E-state index in [1.807, 2.05) is 6.07 Å². The van der Waals surface area contributed by atoms with E-state index in [0.29, 0.717) is 17.5 Å². The van der Waals surface area contributed by atoms with Gasteiger partial charge in [-0.2, -0.15) is 18.4 Å². The Bertz CT molecular complexity index is 1250. The van der Waals surface area contributed by atoms with Crippen LogP contribution in [0.5, 0.6) is 0 Å². The highest BCUT2D eigenvalue weighted by atomic mass is 19.4. The quantitative estimate of drug-likeness (QED) is 0.702. The molecular weight excluding hydrogens is 451 g/mol. The smallest absolute Gasteiger partial charge is 0.416 e. The molecule has 0 unspecified atom stereocenters. The molecule has 1 aliphatic carbocycles. The van der Waals surface area contributed by atoms with Crippen LogP contribution in [0.25, 0.3) is 0 Å². The summed E-state index contributed by atoms with van der Waals surface area (Å²) in [6.45, 7) is -0.775. The number of hydrogen-bond acceptors (Lipinski definition) is 4. The number of aliphatic carboxylic acids is 1. The lowest BCUT2D eigenvalue weighted by molar-refractivity contribution is -0.138. The molecule has 0 saturated carbocycles. The van der Waals surface area contributed by atoms with Gasteiger partial charge in [0.15, 0.2) is 5.78 Å². The number of allylic oxidation sites excluding steroid dienone is 1. The number of alkyl halides is 3. The van der Waals surface area contributed by atoms with E-state index in [1.54, 1.807) is 0 Å². The Kier molecular flexibility index (Phi) is 5.87. The minimum absolute atomic E-state index is 0.101. The number of anilines is 1. The number of halogens is 3. The van der Waals surface area contributed by atoms with Crippen molar-refractivity contribution in [2.24, 2.45) is 0 Å². The number of carboxylic acids is 1. The van der Waals surface area contributed by atoms with Gasteiger partial charge in [0.1, 0.15) is 6.54 Å². The van der Waals surface area contributed by atoms with Gasteiger partial charge in [0.2, 0.25) is 0 Å². The first-order chi connectivity index (χ1) is 16.1. The molecule has 34 heavy (non-hydrogen) atoms. The van der Waals surface area contributed by atoms with Gasteiger partial charge in [0.05, 0.1) is 28.9 Å². The topological polar surface area (TPSA) is 102 Å². The summed E-state index contributed by atoms with van der Waals surface area (Å²) in [5.74, 6) is -1.65. The van der Waals surface area contributed by atoms with Crippen LogP contribution in [0.4, 0.5) is 23.7 Å². The summed E-state index contributed by atoms with van der Waals surface area (Å²) in [5, 5.41) is 18.6. The van der Waals surface area contributed by atoms with Gasteiger partial charge in [0, 0.05) is 17.7 Å². The van der Waals surface area contributed by atoms with Gasteiger partial charge >= 0.3 is 18.2 Å². The van der Waals surface area contributed by atoms with Crippen molar-refractivity contribution in [1.82, 2.24) is 4.90 Å². The van der Waals surface area contributed by atoms with Crippen LogP contribution in [0, 0.1) is 11.3 Å². The van der Waals surface area contributed by atoms with Crippen LogP contribution in [-0.4, -0.2) is 34.3 Å². The number of nitriles is 1. The van der Waals surface area contributed by atoms with Gasteiger partial charge in [-0.25, -0.2) is 4.79 Å². The van der Waals surface area contributed by atoms with Gasteiger partial charge in [-0.15, -0.1) is 0 Å². The van der Waals surface area contributed by atoms with Crippen molar-refractivity contribution in [3.63, 3.8) is 0 Å². The molecule has 2 aromatic rings. The molecule has 0 spiro atoms. The number of ketones is 1. The first-order valence-electron chi connectivity index (χ1n) is 10.4. The van der Waals surface area contributed by atoms with Crippen molar-refractivity contribution >= 4 is 23.5 Å². The van der Waals surface area contributed by atoms with Crippen molar-refractivity contribution in [3.8, 4) is 6.07 Å². The van der Waals surface area contributed by atoms with Gasteiger partial charge in [-0.3, -0.25) is 14.5 Å². The zero-order chi connectivity index (χ0) is 24.6. The second-order valence-electron chi connectivity index (χ2n) is 7.96. The second-order valence-corrected chi connectivity index (χ2v) is 7.96. The van der Waals surface area contributed by atoms with E-state index in [2.05, 4.69) is 0 Å². The third kappa shape index (κ3) is 4.12. The predicted molar refractivity (Wildman–Crippen MR) is 113 cm³/mol. The van der Waals surface area contributed by atoms with Gasteiger partial charge in [-0.05, 0) is 48.7 Å². The SMILES string of the molecule is N#Cc1ccc([C@H]2C3=C(CCCC3=O)N(c3cccc(C(F)(F)F)c3)C(=O)N2CC(=O)O)cc1. The van der Waals surface area contributed by atoms with E-state index in [0.717, 1.165) is 28.0 Å². The number of benzene rings is 2. The summed E-state index contributed by atoms with van der Waals surface area (Å²) in [6.07, 6.45) is -3.83. The molecule has 0 fully saturated rings. The Morgan fingerprint density at radius 3 is 2.44 bits per heavy atom. The lowest BCUT2D eigenvalue weighted by atomic mass is 9.83. The monoisotopic (exact) mass is 469 g/mol. The van der Waals surface area contributed by atoms with Crippen LogP contribution >= 0.6 is 0 Å². The molecule has 7 nitrogen and oxygen atoms in total. The molecule has 0 radical (unpaired) electrons. The molecule has 0 aromatic heterocycles. The maximum atomic E-state index is 13.6. The molecular formula is C24H18F3N3O4. The normalized spacial score (nSPS) is 18.6. The highest BCUT2D eigenvalue weighted by Crippen LogP contribution is 2.44. The molecule has 0 bridgehead atoms. The Balaban J connectivity index is 1.94. The van der Waals surface area contributed by atoms with Crippen LogP contribution in [-0.2, 0) is 15.8 Å². The fourth-order valence-corrected chi connectivity index (χ4v) is 4.38. The molecule has 1 atom stereocenters. The lowest BCUT2D eigenvalue weighted by Crippen LogP contribution is -2.53. The number of Topliss-reactive ketones (excluding diaryl/α,β-unsaturated/α-hetero) is 1. The van der Waals surface area contributed by atoms with Crippen LogP contribution in [0.2, 0.25) is 0 Å². The minimum Gasteiger partial charge on any atom is -0.480 e. The molecule has 4 rings (SSSR count).